The van der Waals surface area contributed by atoms with Gasteiger partial charge in [-0.1, -0.05) is 12.5 Å². The monoisotopic (exact) mass is 330 g/mol. The number of ether oxygens (including phenoxy) is 1. The van der Waals surface area contributed by atoms with Crippen molar-refractivity contribution in [1.29, 1.82) is 0 Å². The molecule has 0 aromatic heterocycles. The van der Waals surface area contributed by atoms with E-state index in [-0.39, 0.29) is 0 Å². The Morgan fingerprint density at radius 1 is 1.41 bits per heavy atom. The molecule has 0 amide bonds. The lowest BCUT2D eigenvalue weighted by Gasteiger charge is -2.24. The maximum atomic E-state index is 13.6. The molecule has 0 saturated carbocycles. The fraction of sp³-hybridized carbons (Fsp3) is 0.600. The number of primary sulfonamides is 1. The number of nitrogens with two attached hydrogens (primary N) is 1. The first-order chi connectivity index (χ1) is 10.4. The Morgan fingerprint density at radius 2 is 2.18 bits per heavy atom. The lowest BCUT2D eigenvalue weighted by atomic mass is 10.0. The fourth-order valence-electron chi connectivity index (χ4n) is 2.95. The molecule has 0 bridgehead atoms. The minimum absolute atomic E-state index is 0.437. The summed E-state index contributed by atoms with van der Waals surface area (Å²) in [7, 11) is -2.33. The zero-order valence-corrected chi connectivity index (χ0v) is 13.6. The van der Waals surface area contributed by atoms with Crippen LogP contribution in [0.1, 0.15) is 24.8 Å². The molecule has 0 aliphatic carbocycles. The average Bonchev–Trinajstić information content (AvgIpc) is 2.65. The summed E-state index contributed by atoms with van der Waals surface area (Å²) in [6.45, 7) is 3.16. The Balaban J connectivity index is 2.12. The van der Waals surface area contributed by atoms with Gasteiger partial charge in [0.2, 0.25) is 10.0 Å². The molecule has 0 radical (unpaired) electrons. The highest BCUT2D eigenvalue weighted by atomic mass is 32.2. The molecule has 1 fully saturated rings. The maximum Gasteiger partial charge on any atom is 0.240 e. The molecule has 1 aliphatic heterocycles. The SMILES string of the molecule is COCC1CCCCN(Cc2ccc(F)c(S(N)(=O)=O)c2)C1. The van der Waals surface area contributed by atoms with E-state index in [2.05, 4.69) is 4.90 Å². The van der Waals surface area contributed by atoms with E-state index < -0.39 is 20.7 Å². The first-order valence-electron chi connectivity index (χ1n) is 7.42. The van der Waals surface area contributed by atoms with Crippen LogP contribution < -0.4 is 5.14 Å². The van der Waals surface area contributed by atoms with Crippen molar-refractivity contribution in [2.45, 2.75) is 30.7 Å². The largest absolute Gasteiger partial charge is 0.384 e. The molecule has 1 heterocycles. The van der Waals surface area contributed by atoms with Gasteiger partial charge in [0.05, 0.1) is 6.61 Å². The summed E-state index contributed by atoms with van der Waals surface area (Å²) in [4.78, 5) is 1.82. The average molecular weight is 330 g/mol. The molecule has 124 valence electrons. The van der Waals surface area contributed by atoms with E-state index in [0.29, 0.717) is 12.5 Å². The van der Waals surface area contributed by atoms with Crippen LogP contribution in [0.2, 0.25) is 0 Å². The van der Waals surface area contributed by atoms with Crippen molar-refractivity contribution in [3.63, 3.8) is 0 Å². The highest BCUT2D eigenvalue weighted by Gasteiger charge is 2.20. The van der Waals surface area contributed by atoms with Crippen molar-refractivity contribution < 1.29 is 17.5 Å². The maximum absolute atomic E-state index is 13.6. The predicted octanol–water partition coefficient (Wildman–Crippen LogP) is 1.72. The van der Waals surface area contributed by atoms with Crippen LogP contribution in [-0.2, 0) is 21.3 Å². The molecule has 0 spiro atoms. The van der Waals surface area contributed by atoms with Crippen molar-refractivity contribution in [3.8, 4) is 0 Å². The molecule has 1 saturated heterocycles. The van der Waals surface area contributed by atoms with Crippen molar-refractivity contribution in [1.82, 2.24) is 4.90 Å². The summed E-state index contributed by atoms with van der Waals surface area (Å²) >= 11 is 0. The molecule has 1 atom stereocenters. The Labute approximate surface area is 131 Å². The van der Waals surface area contributed by atoms with Gasteiger partial charge in [0.25, 0.3) is 0 Å². The lowest BCUT2D eigenvalue weighted by molar-refractivity contribution is 0.124. The van der Waals surface area contributed by atoms with Crippen LogP contribution in [0.5, 0.6) is 0 Å². The number of rotatable bonds is 5. The van der Waals surface area contributed by atoms with Gasteiger partial charge in [-0.25, -0.2) is 17.9 Å². The number of sulfonamides is 1. The van der Waals surface area contributed by atoms with Crippen LogP contribution in [0.15, 0.2) is 23.1 Å². The molecule has 1 aliphatic rings. The lowest BCUT2D eigenvalue weighted by Crippen LogP contribution is -2.30. The van der Waals surface area contributed by atoms with E-state index >= 15 is 0 Å². The fourth-order valence-corrected chi connectivity index (χ4v) is 3.61. The van der Waals surface area contributed by atoms with Crippen LogP contribution >= 0.6 is 0 Å². The van der Waals surface area contributed by atoms with Crippen molar-refractivity contribution in [2.24, 2.45) is 11.1 Å². The zero-order chi connectivity index (χ0) is 16.2. The van der Waals surface area contributed by atoms with Gasteiger partial charge in [-0.15, -0.1) is 0 Å². The Hall–Kier alpha value is -1.02. The third-order valence-electron chi connectivity index (χ3n) is 3.96. The number of likely N-dealkylation sites (tertiary alicyclic amines) is 1. The smallest absolute Gasteiger partial charge is 0.240 e. The number of halogens is 1. The van der Waals surface area contributed by atoms with E-state index in [1.54, 1.807) is 13.2 Å². The van der Waals surface area contributed by atoms with Gasteiger partial charge < -0.3 is 4.74 Å². The van der Waals surface area contributed by atoms with Crippen LogP contribution in [0.4, 0.5) is 4.39 Å². The predicted molar refractivity (Wildman–Crippen MR) is 82.3 cm³/mol. The van der Waals surface area contributed by atoms with Gasteiger partial charge in [-0.05, 0) is 43.0 Å². The summed E-state index contributed by atoms with van der Waals surface area (Å²) in [5.74, 6) is -0.329. The quantitative estimate of drug-likeness (QED) is 0.892. The second-order valence-corrected chi connectivity index (χ2v) is 7.39. The molecular formula is C15H23FN2O3S. The second-order valence-electron chi connectivity index (χ2n) is 5.86. The van der Waals surface area contributed by atoms with Crippen LogP contribution in [0.25, 0.3) is 0 Å². The first kappa shape index (κ1) is 17.3. The van der Waals surface area contributed by atoms with Crippen LogP contribution in [0.3, 0.4) is 0 Å². The minimum Gasteiger partial charge on any atom is -0.384 e. The molecule has 5 nitrogen and oxygen atoms in total. The number of benzene rings is 1. The molecule has 7 heteroatoms. The minimum atomic E-state index is -4.04. The van der Waals surface area contributed by atoms with Crippen molar-refractivity contribution >= 4 is 10.0 Å². The first-order valence-corrected chi connectivity index (χ1v) is 8.97. The van der Waals surface area contributed by atoms with Crippen molar-refractivity contribution in [3.05, 3.63) is 29.6 Å². The van der Waals surface area contributed by atoms with E-state index in [1.165, 1.54) is 12.1 Å². The van der Waals surface area contributed by atoms with Crippen LogP contribution in [-0.4, -0.2) is 40.1 Å². The zero-order valence-electron chi connectivity index (χ0n) is 12.8. The third kappa shape index (κ3) is 4.74. The Morgan fingerprint density at radius 3 is 2.86 bits per heavy atom. The van der Waals surface area contributed by atoms with E-state index in [4.69, 9.17) is 9.88 Å². The summed E-state index contributed by atoms with van der Waals surface area (Å²) in [5, 5.41) is 5.05. The Kier molecular flexibility index (Phi) is 5.91. The van der Waals surface area contributed by atoms with Gasteiger partial charge in [-0.2, -0.15) is 0 Å². The normalized spacial score (nSPS) is 20.8. The standard InChI is InChI=1S/C15H23FN2O3S/c1-21-11-13-4-2-3-7-18(10-13)9-12-5-6-14(16)15(8-12)22(17,19)20/h5-6,8,13H,2-4,7,9-11H2,1H3,(H2,17,19,20). The summed E-state index contributed by atoms with van der Waals surface area (Å²) in [6.07, 6.45) is 3.40. The molecule has 1 aromatic rings. The van der Waals surface area contributed by atoms with Gasteiger partial charge in [0.1, 0.15) is 10.7 Å². The molecule has 22 heavy (non-hydrogen) atoms. The summed E-state index contributed by atoms with van der Waals surface area (Å²) in [6, 6.07) is 4.11. The van der Waals surface area contributed by atoms with Gasteiger partial charge in [0, 0.05) is 20.2 Å². The number of hydrogen-bond donors (Lipinski definition) is 1. The van der Waals surface area contributed by atoms with Gasteiger partial charge in [-0.3, -0.25) is 4.90 Å². The summed E-state index contributed by atoms with van der Waals surface area (Å²) < 4.78 is 41.6. The number of nitrogens with zero attached hydrogens (tertiary/aromatic N) is 1. The molecule has 1 unspecified atom stereocenters. The number of hydrogen-bond acceptors (Lipinski definition) is 4. The van der Waals surface area contributed by atoms with E-state index in [9.17, 15) is 12.8 Å². The molecule has 2 N–H and O–H groups in total. The van der Waals surface area contributed by atoms with Crippen LogP contribution in [0, 0.1) is 11.7 Å². The highest BCUT2D eigenvalue weighted by Crippen LogP contribution is 2.21. The molecular weight excluding hydrogens is 307 g/mol. The van der Waals surface area contributed by atoms with Crippen molar-refractivity contribution in [2.75, 3.05) is 26.8 Å². The van der Waals surface area contributed by atoms with E-state index in [0.717, 1.165) is 44.5 Å². The highest BCUT2D eigenvalue weighted by molar-refractivity contribution is 7.89. The van der Waals surface area contributed by atoms with Gasteiger partial charge in [0.15, 0.2) is 0 Å². The van der Waals surface area contributed by atoms with E-state index in [1.807, 2.05) is 0 Å². The Bertz CT molecular complexity index is 607. The number of methoxy groups -OCH3 is 1. The molecule has 2 rings (SSSR count). The van der Waals surface area contributed by atoms with Gasteiger partial charge >= 0.3 is 0 Å². The second kappa shape index (κ2) is 7.50. The summed E-state index contributed by atoms with van der Waals surface area (Å²) in [5.41, 5.74) is 0.753. The third-order valence-corrected chi connectivity index (χ3v) is 4.89. The topological polar surface area (TPSA) is 72.6 Å². The molecule has 1 aromatic carbocycles.